The highest BCUT2D eigenvalue weighted by atomic mass is 19.1. The third-order valence-electron chi connectivity index (χ3n) is 5.47. The van der Waals surface area contributed by atoms with Gasteiger partial charge in [0, 0.05) is 43.2 Å². The Labute approximate surface area is 180 Å². The van der Waals surface area contributed by atoms with Gasteiger partial charge in [-0.15, -0.1) is 0 Å². The van der Waals surface area contributed by atoms with Crippen LogP contribution in [-0.4, -0.2) is 38.7 Å². The van der Waals surface area contributed by atoms with E-state index >= 15 is 0 Å². The number of nitrogens with one attached hydrogen (secondary N) is 2. The van der Waals surface area contributed by atoms with E-state index in [1.165, 1.54) is 6.20 Å². The first kappa shape index (κ1) is 20.8. The Morgan fingerprint density at radius 3 is 2.87 bits per heavy atom. The van der Waals surface area contributed by atoms with Gasteiger partial charge in [0.2, 0.25) is 5.91 Å². The van der Waals surface area contributed by atoms with Gasteiger partial charge in [0.1, 0.15) is 17.7 Å². The van der Waals surface area contributed by atoms with Gasteiger partial charge in [0.05, 0.1) is 36.0 Å². The van der Waals surface area contributed by atoms with E-state index in [0.29, 0.717) is 18.7 Å². The molecule has 162 valence electrons. The number of rotatable bonds is 6. The van der Waals surface area contributed by atoms with Crippen molar-refractivity contribution in [3.8, 4) is 0 Å². The lowest BCUT2D eigenvalue weighted by atomic mass is 9.98. The second-order valence-electron chi connectivity index (χ2n) is 8.14. The molecule has 0 fully saturated rings. The minimum atomic E-state index is -0.345. The maximum Gasteiger partial charge on any atom is 0.247 e. The molecule has 3 aromatic heterocycles. The van der Waals surface area contributed by atoms with Crippen LogP contribution in [0.25, 0.3) is 0 Å². The van der Waals surface area contributed by atoms with Crippen LogP contribution in [-0.2, 0) is 17.9 Å². The van der Waals surface area contributed by atoms with E-state index < -0.39 is 0 Å². The molecule has 0 bridgehead atoms. The highest BCUT2D eigenvalue weighted by molar-refractivity contribution is 6.04. The van der Waals surface area contributed by atoms with Gasteiger partial charge in [-0.2, -0.15) is 5.10 Å². The lowest BCUT2D eigenvalue weighted by Crippen LogP contribution is -2.49. The number of pyridine rings is 2. The number of nitrogens with zero attached hydrogens (tertiary/aromatic N) is 5. The van der Waals surface area contributed by atoms with Gasteiger partial charge >= 0.3 is 0 Å². The fourth-order valence-electron chi connectivity index (χ4n) is 3.94. The molecule has 0 saturated carbocycles. The van der Waals surface area contributed by atoms with Crippen LogP contribution in [0.1, 0.15) is 30.7 Å². The number of aromatic nitrogens is 4. The quantitative estimate of drug-likeness (QED) is 0.633. The zero-order valence-electron chi connectivity index (χ0n) is 18.1. The molecular weight excluding hydrogens is 397 g/mol. The van der Waals surface area contributed by atoms with Crippen LogP contribution in [0.4, 0.5) is 21.6 Å². The van der Waals surface area contributed by atoms with E-state index in [1.54, 1.807) is 23.1 Å². The molecule has 31 heavy (non-hydrogen) atoms. The number of amides is 1. The van der Waals surface area contributed by atoms with Crippen LogP contribution in [0, 0.1) is 18.7 Å². The first-order valence-corrected chi connectivity index (χ1v) is 10.2. The first-order chi connectivity index (χ1) is 14.8. The van der Waals surface area contributed by atoms with Crippen molar-refractivity contribution in [2.75, 3.05) is 22.6 Å². The molecule has 0 radical (unpaired) electrons. The standard InChI is InChI=1S/C22H26FN7O/c1-13(2)21-22(31)28-20-14(3)27-19(7-18(20)29(21)4)25-8-15-9-26-30(11-15)12-16-5-6-24-10-17(16)23/h5-7,9-11,13,21H,8,12H2,1-4H3,(H,25,27)(H,28,31). The highest BCUT2D eigenvalue weighted by Crippen LogP contribution is 2.36. The third-order valence-corrected chi connectivity index (χ3v) is 5.47. The molecule has 2 N–H and O–H groups in total. The van der Waals surface area contributed by atoms with Crippen LogP contribution >= 0.6 is 0 Å². The fraction of sp³-hybridized carbons (Fsp3) is 0.364. The first-order valence-electron chi connectivity index (χ1n) is 10.2. The number of hydrogen-bond donors (Lipinski definition) is 2. The van der Waals surface area contributed by atoms with E-state index in [0.717, 1.165) is 28.5 Å². The number of likely N-dealkylation sites (N-methyl/N-ethyl adjacent to an activating group) is 1. The van der Waals surface area contributed by atoms with Crippen LogP contribution in [0.5, 0.6) is 0 Å². The van der Waals surface area contributed by atoms with E-state index in [-0.39, 0.29) is 23.7 Å². The zero-order chi connectivity index (χ0) is 22.1. The maximum absolute atomic E-state index is 13.8. The van der Waals surface area contributed by atoms with E-state index in [2.05, 4.69) is 25.7 Å². The zero-order valence-corrected chi connectivity index (χ0v) is 18.1. The molecule has 4 rings (SSSR count). The number of anilines is 3. The number of aryl methyl sites for hydroxylation is 1. The Balaban J connectivity index is 1.48. The number of carbonyl (C=O) groups excluding carboxylic acids is 1. The highest BCUT2D eigenvalue weighted by Gasteiger charge is 2.34. The average Bonchev–Trinajstić information content (AvgIpc) is 3.16. The van der Waals surface area contributed by atoms with E-state index in [1.807, 2.05) is 45.0 Å². The molecule has 4 heterocycles. The average molecular weight is 423 g/mol. The van der Waals surface area contributed by atoms with Crippen molar-refractivity contribution in [1.82, 2.24) is 19.7 Å². The Morgan fingerprint density at radius 2 is 2.13 bits per heavy atom. The minimum absolute atomic E-state index is 0.00587. The Morgan fingerprint density at radius 1 is 1.32 bits per heavy atom. The second kappa shape index (κ2) is 8.33. The summed E-state index contributed by atoms with van der Waals surface area (Å²) < 4.78 is 15.5. The van der Waals surface area contributed by atoms with Crippen molar-refractivity contribution in [2.45, 2.75) is 39.9 Å². The topological polar surface area (TPSA) is 88.0 Å². The van der Waals surface area contributed by atoms with Crippen molar-refractivity contribution in [3.63, 3.8) is 0 Å². The molecule has 1 aliphatic rings. The molecule has 0 spiro atoms. The fourth-order valence-corrected chi connectivity index (χ4v) is 3.94. The monoisotopic (exact) mass is 423 g/mol. The number of carbonyl (C=O) groups is 1. The summed E-state index contributed by atoms with van der Waals surface area (Å²) in [5.41, 5.74) is 3.94. The molecule has 1 unspecified atom stereocenters. The molecule has 1 amide bonds. The Bertz CT molecular complexity index is 1110. The summed E-state index contributed by atoms with van der Waals surface area (Å²) in [5, 5.41) is 10.6. The predicted octanol–water partition coefficient (Wildman–Crippen LogP) is 3.19. The summed E-state index contributed by atoms with van der Waals surface area (Å²) in [6.45, 7) is 6.82. The lowest BCUT2D eigenvalue weighted by molar-refractivity contribution is -0.118. The minimum Gasteiger partial charge on any atom is -0.366 e. The van der Waals surface area contributed by atoms with Crippen molar-refractivity contribution >= 4 is 23.1 Å². The summed E-state index contributed by atoms with van der Waals surface area (Å²) in [7, 11) is 1.94. The maximum atomic E-state index is 13.8. The summed E-state index contributed by atoms with van der Waals surface area (Å²) in [4.78, 5) is 22.9. The molecule has 3 aromatic rings. The molecule has 0 aliphatic carbocycles. The Kier molecular flexibility index (Phi) is 5.58. The van der Waals surface area contributed by atoms with Gasteiger partial charge in [-0.3, -0.25) is 14.5 Å². The summed E-state index contributed by atoms with van der Waals surface area (Å²) in [5.74, 6) is 0.546. The van der Waals surface area contributed by atoms with Crippen molar-refractivity contribution in [2.24, 2.45) is 5.92 Å². The molecule has 1 aliphatic heterocycles. The molecule has 9 heteroatoms. The number of fused-ring (bicyclic) bond motifs is 1. The van der Waals surface area contributed by atoms with Gasteiger partial charge in [-0.1, -0.05) is 13.8 Å². The smallest absolute Gasteiger partial charge is 0.247 e. The van der Waals surface area contributed by atoms with Crippen molar-refractivity contribution < 1.29 is 9.18 Å². The SMILES string of the molecule is Cc1nc(NCc2cnn(Cc3ccncc3F)c2)cc2c1NC(=O)C(C(C)C)N2C. The van der Waals surface area contributed by atoms with Crippen LogP contribution in [0.2, 0.25) is 0 Å². The van der Waals surface area contributed by atoms with E-state index in [9.17, 15) is 9.18 Å². The van der Waals surface area contributed by atoms with Gasteiger partial charge in [-0.25, -0.2) is 9.37 Å². The number of hydrogen-bond acceptors (Lipinski definition) is 6. The van der Waals surface area contributed by atoms with E-state index in [4.69, 9.17) is 0 Å². The number of halogens is 1. The van der Waals surface area contributed by atoms with Crippen LogP contribution in [0.3, 0.4) is 0 Å². The normalized spacial score (nSPS) is 15.7. The van der Waals surface area contributed by atoms with Gasteiger partial charge < -0.3 is 15.5 Å². The Hall–Kier alpha value is -3.49. The van der Waals surface area contributed by atoms with Gasteiger partial charge in [0.25, 0.3) is 0 Å². The molecular formula is C22H26FN7O. The van der Waals surface area contributed by atoms with Crippen LogP contribution in [0.15, 0.2) is 36.9 Å². The van der Waals surface area contributed by atoms with Gasteiger partial charge in [0.15, 0.2) is 0 Å². The molecule has 0 aromatic carbocycles. The van der Waals surface area contributed by atoms with Crippen molar-refractivity contribution in [1.29, 1.82) is 0 Å². The third kappa shape index (κ3) is 4.21. The second-order valence-corrected chi connectivity index (χ2v) is 8.14. The molecule has 8 nitrogen and oxygen atoms in total. The largest absolute Gasteiger partial charge is 0.366 e. The van der Waals surface area contributed by atoms with Crippen molar-refractivity contribution in [3.05, 3.63) is 59.6 Å². The predicted molar refractivity (Wildman–Crippen MR) is 117 cm³/mol. The summed E-state index contributed by atoms with van der Waals surface area (Å²) in [6, 6.07) is 3.37. The summed E-state index contributed by atoms with van der Waals surface area (Å²) in [6.07, 6.45) is 6.39. The molecule has 1 atom stereocenters. The lowest BCUT2D eigenvalue weighted by Gasteiger charge is -2.38. The summed E-state index contributed by atoms with van der Waals surface area (Å²) >= 11 is 0. The van der Waals surface area contributed by atoms with Crippen LogP contribution < -0.4 is 15.5 Å². The molecule has 0 saturated heterocycles. The van der Waals surface area contributed by atoms with Gasteiger partial charge in [-0.05, 0) is 18.9 Å².